The average molecular weight is 941 g/mol. The lowest BCUT2D eigenvalue weighted by molar-refractivity contribution is 0.509. The van der Waals surface area contributed by atoms with E-state index in [1.54, 1.807) is 0 Å². The van der Waals surface area contributed by atoms with E-state index in [-0.39, 0.29) is 23.1 Å². The highest BCUT2D eigenvalue weighted by atomic mass is 32.1. The Morgan fingerprint density at radius 1 is 0.543 bits per heavy atom. The lowest BCUT2D eigenvalue weighted by Crippen LogP contribution is -2.60. The third-order valence-electron chi connectivity index (χ3n) is 15.6. The SMILES string of the molecule is C=C1C=C(c2ccccc2)Oc2cc3c(cc21)B1c2c(c4c5ccccc5sc4c4c5cc(C(C)(C)C)ccc5n-3c24)-c2cc3sc4cc(C(C)(C)C)ccc4c3cc2N1c1ccc(C(C)(C)C)cc1. The zero-order chi connectivity index (χ0) is 47.9. The molecule has 0 unspecified atom stereocenters. The van der Waals surface area contributed by atoms with Crippen molar-refractivity contribution in [3.8, 4) is 22.6 Å². The Morgan fingerprint density at radius 2 is 1.23 bits per heavy atom. The van der Waals surface area contributed by atoms with Crippen molar-refractivity contribution in [2.75, 3.05) is 4.81 Å². The van der Waals surface area contributed by atoms with Gasteiger partial charge in [-0.1, -0.05) is 154 Å². The van der Waals surface area contributed by atoms with Gasteiger partial charge in [0.25, 0.3) is 0 Å². The summed E-state index contributed by atoms with van der Waals surface area (Å²) in [5, 5.41) is 7.92. The summed E-state index contributed by atoms with van der Waals surface area (Å²) in [7, 11) is 0. The highest BCUT2D eigenvalue weighted by molar-refractivity contribution is 7.27. The quantitative estimate of drug-likeness (QED) is 0.161. The van der Waals surface area contributed by atoms with Gasteiger partial charge in [0.2, 0.25) is 0 Å². The fraction of sp³-hybridized carbons (Fsp3) is 0.188. The third-order valence-corrected chi connectivity index (χ3v) is 17.9. The number of thiophene rings is 2. The second-order valence-corrected chi connectivity index (χ2v) is 25.2. The van der Waals surface area contributed by atoms with Crippen LogP contribution in [-0.4, -0.2) is 11.4 Å². The number of rotatable bonds is 2. The fourth-order valence-electron chi connectivity index (χ4n) is 11.9. The molecular weight excluding hydrogens is 888 g/mol. The second kappa shape index (κ2) is 14.1. The molecule has 70 heavy (non-hydrogen) atoms. The van der Waals surface area contributed by atoms with Crippen molar-refractivity contribution in [1.29, 1.82) is 0 Å². The van der Waals surface area contributed by atoms with Crippen LogP contribution in [0, 0.1) is 0 Å². The Bertz CT molecular complexity index is 4160. The van der Waals surface area contributed by atoms with Crippen LogP contribution in [0.1, 0.15) is 90.1 Å². The van der Waals surface area contributed by atoms with Gasteiger partial charge in [0.1, 0.15) is 11.5 Å². The largest absolute Gasteiger partial charge is 0.456 e. The summed E-state index contributed by atoms with van der Waals surface area (Å²) in [4.78, 5) is 2.70. The Kier molecular flexibility index (Phi) is 8.50. The molecule has 8 aromatic carbocycles. The van der Waals surface area contributed by atoms with Crippen LogP contribution in [0.3, 0.4) is 0 Å². The molecule has 6 heteroatoms. The lowest BCUT2D eigenvalue weighted by atomic mass is 9.43. The topological polar surface area (TPSA) is 17.4 Å². The number of hydrogen-bond donors (Lipinski definition) is 0. The number of aromatic nitrogens is 1. The average Bonchev–Trinajstić information content (AvgIpc) is 4.01. The predicted molar refractivity (Wildman–Crippen MR) is 306 cm³/mol. The van der Waals surface area contributed by atoms with E-state index in [9.17, 15) is 0 Å². The van der Waals surface area contributed by atoms with Crippen LogP contribution in [0.5, 0.6) is 5.75 Å². The summed E-state index contributed by atoms with van der Waals surface area (Å²) < 4.78 is 14.9. The molecule has 0 fully saturated rings. The molecule has 0 atom stereocenters. The number of nitrogens with zero attached hydrogens (tertiary/aromatic N) is 2. The van der Waals surface area contributed by atoms with E-state index in [1.807, 2.05) is 22.7 Å². The maximum atomic E-state index is 7.01. The number of allylic oxidation sites excluding steroid dienone is 2. The third kappa shape index (κ3) is 5.87. The molecule has 3 aromatic heterocycles. The molecule has 0 spiro atoms. The van der Waals surface area contributed by atoms with Crippen molar-refractivity contribution in [3.63, 3.8) is 0 Å². The van der Waals surface area contributed by atoms with Gasteiger partial charge in [0.05, 0.1) is 11.0 Å². The fourth-order valence-corrected chi connectivity index (χ4v) is 14.3. The first-order valence-corrected chi connectivity index (χ1v) is 26.3. The van der Waals surface area contributed by atoms with Gasteiger partial charge >= 0.3 is 6.85 Å². The van der Waals surface area contributed by atoms with E-state index in [1.165, 1.54) is 112 Å². The zero-order valence-electron chi connectivity index (χ0n) is 41.3. The summed E-state index contributed by atoms with van der Waals surface area (Å²) in [5.41, 5.74) is 18.3. The minimum Gasteiger partial charge on any atom is -0.456 e. The molecule has 0 radical (unpaired) electrons. The molecule has 0 bridgehead atoms. The van der Waals surface area contributed by atoms with E-state index in [0.717, 1.165) is 33.9 Å². The summed E-state index contributed by atoms with van der Waals surface area (Å²) in [6.07, 6.45) is 2.12. The van der Waals surface area contributed by atoms with Crippen LogP contribution in [0.15, 0.2) is 152 Å². The van der Waals surface area contributed by atoms with Crippen LogP contribution < -0.4 is 20.5 Å². The van der Waals surface area contributed by atoms with Gasteiger partial charge in [-0.15, -0.1) is 22.7 Å². The van der Waals surface area contributed by atoms with Crippen molar-refractivity contribution >= 4 is 125 Å². The van der Waals surface area contributed by atoms with Gasteiger partial charge in [-0.3, -0.25) is 0 Å². The van der Waals surface area contributed by atoms with Gasteiger partial charge < -0.3 is 14.1 Å². The number of fused-ring (bicyclic) bond motifs is 17. The van der Waals surface area contributed by atoms with E-state index >= 15 is 0 Å². The molecule has 340 valence electrons. The van der Waals surface area contributed by atoms with Crippen molar-refractivity contribution in [1.82, 2.24) is 4.57 Å². The van der Waals surface area contributed by atoms with Gasteiger partial charge in [0, 0.05) is 90.9 Å². The Hall–Kier alpha value is -6.86. The molecule has 0 saturated heterocycles. The van der Waals surface area contributed by atoms with Crippen LogP contribution in [-0.2, 0) is 16.2 Å². The Balaban J connectivity index is 1.18. The summed E-state index contributed by atoms with van der Waals surface area (Å²) in [5.74, 6) is 1.64. The molecule has 11 aromatic rings. The molecule has 0 saturated carbocycles. The minimum absolute atomic E-state index is 0.00615. The lowest BCUT2D eigenvalue weighted by Gasteiger charge is -2.43. The Morgan fingerprint density at radius 3 is 1.99 bits per heavy atom. The van der Waals surface area contributed by atoms with Crippen LogP contribution >= 0.6 is 22.7 Å². The molecule has 0 amide bonds. The second-order valence-electron chi connectivity index (χ2n) is 23.0. The highest BCUT2D eigenvalue weighted by Gasteiger charge is 2.47. The Labute approximate surface area is 418 Å². The number of hydrogen-bond acceptors (Lipinski definition) is 4. The van der Waals surface area contributed by atoms with Crippen LogP contribution in [0.2, 0.25) is 0 Å². The molecule has 0 aliphatic carbocycles. The normalized spacial score (nSPS) is 14.5. The van der Waals surface area contributed by atoms with Crippen molar-refractivity contribution in [2.45, 2.75) is 78.6 Å². The molecule has 3 aliphatic heterocycles. The predicted octanol–water partition coefficient (Wildman–Crippen LogP) is 17.1. The first-order chi connectivity index (χ1) is 33.5. The first kappa shape index (κ1) is 42.1. The van der Waals surface area contributed by atoms with E-state index in [4.69, 9.17) is 11.3 Å². The maximum Gasteiger partial charge on any atom is 0.333 e. The molecule has 3 nitrogen and oxygen atoms in total. The van der Waals surface area contributed by atoms with Gasteiger partial charge in [-0.05, 0) is 110 Å². The molecule has 3 aliphatic rings. The standard InChI is InChI=1S/C64H53BN2OS2/c1-35-28-51(36-16-12-11-13-17-36)68-52-34-50-47(31-43(35)52)65-59-56(57-42-18-14-15-19-53(42)70-61(57)58-45-29-38(63(5,6)7)23-27-48(45)66(50)60(58)59)46-33-55-44(41-26-22-39(64(8,9)10)30-54(41)69-55)32-49(46)67(65)40-24-20-37(21-25-40)62(2,3)4/h11-34H,1H2,2-10H3. The molecule has 6 heterocycles. The van der Waals surface area contributed by atoms with Gasteiger partial charge in [-0.25, -0.2) is 0 Å². The maximum absolute atomic E-state index is 7.01. The smallest absolute Gasteiger partial charge is 0.333 e. The van der Waals surface area contributed by atoms with Crippen molar-refractivity contribution in [3.05, 3.63) is 180 Å². The first-order valence-electron chi connectivity index (χ1n) is 24.7. The highest BCUT2D eigenvalue weighted by Crippen LogP contribution is 2.55. The van der Waals surface area contributed by atoms with E-state index in [2.05, 4.69) is 217 Å². The molecular formula is C64H53BN2OS2. The number of anilines is 2. The van der Waals surface area contributed by atoms with E-state index in [0.29, 0.717) is 0 Å². The number of ether oxygens (including phenoxy) is 1. The molecule has 0 N–H and O–H groups in total. The van der Waals surface area contributed by atoms with E-state index < -0.39 is 0 Å². The summed E-state index contributed by atoms with van der Waals surface area (Å²) in [6, 6.07) is 53.3. The molecule has 14 rings (SSSR count). The monoisotopic (exact) mass is 940 g/mol. The van der Waals surface area contributed by atoms with Crippen molar-refractivity contribution < 1.29 is 4.74 Å². The van der Waals surface area contributed by atoms with Gasteiger partial charge in [-0.2, -0.15) is 0 Å². The zero-order valence-corrected chi connectivity index (χ0v) is 42.9. The minimum atomic E-state index is -0.185. The van der Waals surface area contributed by atoms with Gasteiger partial charge in [0.15, 0.2) is 0 Å². The van der Waals surface area contributed by atoms with Crippen molar-refractivity contribution in [2.24, 2.45) is 0 Å². The summed E-state index contributed by atoms with van der Waals surface area (Å²) in [6.45, 7) is 25.4. The summed E-state index contributed by atoms with van der Waals surface area (Å²) >= 11 is 3.89. The van der Waals surface area contributed by atoms with Crippen LogP contribution in [0.4, 0.5) is 11.4 Å². The van der Waals surface area contributed by atoms with Crippen LogP contribution in [0.25, 0.3) is 90.3 Å². The number of benzene rings is 8.